The fourth-order valence-corrected chi connectivity index (χ4v) is 2.81. The lowest BCUT2D eigenvalue weighted by molar-refractivity contribution is 0.0273. The van der Waals surface area contributed by atoms with Crippen molar-refractivity contribution in [2.45, 2.75) is 27.0 Å². The zero-order valence-electron chi connectivity index (χ0n) is 14.5. The van der Waals surface area contributed by atoms with Crippen molar-refractivity contribution >= 4 is 31.4 Å². The smallest absolute Gasteiger partial charge is 0.320 e. The van der Waals surface area contributed by atoms with E-state index in [1.165, 1.54) is 6.33 Å². The summed E-state index contributed by atoms with van der Waals surface area (Å²) in [5, 5.41) is 5.28. The Labute approximate surface area is 146 Å². The van der Waals surface area contributed by atoms with Crippen molar-refractivity contribution in [3.8, 4) is 0 Å². The van der Waals surface area contributed by atoms with Crippen LogP contribution in [0.2, 0.25) is 0 Å². The van der Waals surface area contributed by atoms with Crippen molar-refractivity contribution in [3.05, 3.63) is 12.7 Å². The Morgan fingerprint density at radius 1 is 1.40 bits per heavy atom. The summed E-state index contributed by atoms with van der Waals surface area (Å²) in [7, 11) is -1.45. The van der Waals surface area contributed by atoms with E-state index in [9.17, 15) is 9.69 Å². The molecular formula is C14H23N6O4P. The topological polar surface area (TPSA) is 123 Å². The molecule has 2 aromatic heterocycles. The summed E-state index contributed by atoms with van der Waals surface area (Å²) in [5.74, 6) is 0.331. The lowest BCUT2D eigenvalue weighted by atomic mass is 10.4. The summed E-state index contributed by atoms with van der Waals surface area (Å²) in [5.41, 5.74) is 1.02. The van der Waals surface area contributed by atoms with Crippen LogP contribution in [-0.2, 0) is 9.26 Å². The molecule has 0 aliphatic rings. The summed E-state index contributed by atoms with van der Waals surface area (Å²) in [4.78, 5) is 33.8. The average Bonchev–Trinajstić information content (AvgIpc) is 3.00. The first-order valence-corrected chi connectivity index (χ1v) is 9.39. The number of rotatable bonds is 9. The Kier molecular flexibility index (Phi) is 7.45. The Balaban J connectivity index is 2.05. The molecule has 2 heterocycles. The standard InChI is InChI=1S/C14H23N6O4P/c1-4-15-14(21)19-12-11-13(17-8-16-12)20(9-18-11)10(3)23-6-7-25(22)24-5-2/h8-10,22H,4-7H2,1-3H3,(H2,15,16,17,19,21). The quantitative estimate of drug-likeness (QED) is 0.576. The van der Waals surface area contributed by atoms with E-state index < -0.39 is 8.38 Å². The monoisotopic (exact) mass is 370 g/mol. The highest BCUT2D eigenvalue weighted by molar-refractivity contribution is 7.46. The zero-order valence-corrected chi connectivity index (χ0v) is 15.4. The second-order valence-corrected chi connectivity index (χ2v) is 6.40. The van der Waals surface area contributed by atoms with Gasteiger partial charge >= 0.3 is 6.03 Å². The number of nitrogens with zero attached hydrogens (tertiary/aromatic N) is 4. The Morgan fingerprint density at radius 3 is 2.92 bits per heavy atom. The number of amides is 2. The van der Waals surface area contributed by atoms with Gasteiger partial charge in [-0.25, -0.2) is 19.7 Å². The molecule has 0 spiro atoms. The highest BCUT2D eigenvalue weighted by atomic mass is 31.2. The van der Waals surface area contributed by atoms with Crippen molar-refractivity contribution in [1.29, 1.82) is 0 Å². The molecule has 2 aromatic rings. The number of imidazole rings is 1. The molecule has 0 saturated heterocycles. The highest BCUT2D eigenvalue weighted by Crippen LogP contribution is 2.30. The summed E-state index contributed by atoms with van der Waals surface area (Å²) in [6.45, 7) is 6.83. The van der Waals surface area contributed by atoms with Gasteiger partial charge in [-0.1, -0.05) is 0 Å². The van der Waals surface area contributed by atoms with Crippen molar-refractivity contribution in [2.75, 3.05) is 31.2 Å². The summed E-state index contributed by atoms with van der Waals surface area (Å²) in [6.07, 6.45) is 3.02. The molecule has 0 aliphatic carbocycles. The van der Waals surface area contributed by atoms with Crippen molar-refractivity contribution < 1.29 is 18.9 Å². The van der Waals surface area contributed by atoms with Crippen LogP contribution in [0.15, 0.2) is 12.7 Å². The highest BCUT2D eigenvalue weighted by Gasteiger charge is 2.16. The van der Waals surface area contributed by atoms with Crippen LogP contribution in [-0.4, -0.2) is 56.4 Å². The summed E-state index contributed by atoms with van der Waals surface area (Å²) < 4.78 is 12.6. The number of ether oxygens (including phenoxy) is 1. The molecule has 2 unspecified atom stereocenters. The molecule has 11 heteroatoms. The molecule has 2 amide bonds. The number of carbonyl (C=O) groups excluding carboxylic acids is 1. The Bertz CT molecular complexity index is 697. The second kappa shape index (κ2) is 9.57. The van der Waals surface area contributed by atoms with E-state index in [0.717, 1.165) is 0 Å². The maximum atomic E-state index is 11.7. The van der Waals surface area contributed by atoms with Crippen molar-refractivity contribution in [1.82, 2.24) is 24.8 Å². The number of urea groups is 1. The van der Waals surface area contributed by atoms with Gasteiger partial charge in [-0.2, -0.15) is 0 Å². The molecule has 3 N–H and O–H groups in total. The predicted octanol–water partition coefficient (Wildman–Crippen LogP) is 1.84. The third-order valence-corrected chi connectivity index (χ3v) is 4.36. The van der Waals surface area contributed by atoms with E-state index in [2.05, 4.69) is 25.6 Å². The second-order valence-electron chi connectivity index (χ2n) is 4.99. The SMILES string of the molecule is CCNC(=O)Nc1ncnc2c1ncn2C(C)OCCP(O)OCC. The van der Waals surface area contributed by atoms with Crippen LogP contribution in [0.1, 0.15) is 27.0 Å². The molecule has 0 radical (unpaired) electrons. The molecule has 0 aromatic carbocycles. The van der Waals surface area contributed by atoms with E-state index in [4.69, 9.17) is 9.26 Å². The van der Waals surface area contributed by atoms with Crippen LogP contribution in [0.5, 0.6) is 0 Å². The molecule has 10 nitrogen and oxygen atoms in total. The third kappa shape index (κ3) is 5.30. The maximum Gasteiger partial charge on any atom is 0.320 e. The minimum Gasteiger partial charge on any atom is -0.358 e. The summed E-state index contributed by atoms with van der Waals surface area (Å²) >= 11 is 0. The largest absolute Gasteiger partial charge is 0.358 e. The van der Waals surface area contributed by atoms with E-state index in [1.807, 2.05) is 20.8 Å². The normalized spacial score (nSPS) is 13.6. The van der Waals surface area contributed by atoms with Crippen LogP contribution in [0.25, 0.3) is 11.2 Å². The Hall–Kier alpha value is -1.87. The number of hydrogen-bond donors (Lipinski definition) is 3. The van der Waals surface area contributed by atoms with E-state index in [-0.39, 0.29) is 12.3 Å². The first-order valence-electron chi connectivity index (χ1n) is 8.00. The van der Waals surface area contributed by atoms with Crippen LogP contribution in [0.4, 0.5) is 10.6 Å². The lowest BCUT2D eigenvalue weighted by Gasteiger charge is -2.16. The van der Waals surface area contributed by atoms with Gasteiger partial charge < -0.3 is 19.5 Å². The van der Waals surface area contributed by atoms with Crippen molar-refractivity contribution in [3.63, 3.8) is 0 Å². The number of carbonyl (C=O) groups is 1. The molecule has 0 fully saturated rings. The number of nitrogens with one attached hydrogen (secondary N) is 2. The number of aromatic nitrogens is 4. The van der Waals surface area contributed by atoms with Gasteiger partial charge in [-0.05, 0) is 20.8 Å². The Morgan fingerprint density at radius 2 is 2.20 bits per heavy atom. The number of anilines is 1. The van der Waals surface area contributed by atoms with Gasteiger partial charge in [0.25, 0.3) is 0 Å². The molecule has 0 bridgehead atoms. The molecule has 25 heavy (non-hydrogen) atoms. The van der Waals surface area contributed by atoms with E-state index >= 15 is 0 Å². The van der Waals surface area contributed by atoms with Gasteiger partial charge in [0.05, 0.1) is 19.5 Å². The fourth-order valence-electron chi connectivity index (χ4n) is 2.12. The van der Waals surface area contributed by atoms with Crippen LogP contribution < -0.4 is 10.6 Å². The van der Waals surface area contributed by atoms with Gasteiger partial charge in [0.15, 0.2) is 25.4 Å². The van der Waals surface area contributed by atoms with Gasteiger partial charge in [0, 0.05) is 12.7 Å². The maximum absolute atomic E-state index is 11.7. The minimum absolute atomic E-state index is 0.331. The van der Waals surface area contributed by atoms with Crippen molar-refractivity contribution in [2.24, 2.45) is 0 Å². The molecule has 2 rings (SSSR count). The molecule has 138 valence electrons. The predicted molar refractivity (Wildman–Crippen MR) is 94.3 cm³/mol. The lowest BCUT2D eigenvalue weighted by Crippen LogP contribution is -2.28. The van der Waals surface area contributed by atoms with Crippen LogP contribution in [0.3, 0.4) is 0 Å². The van der Waals surface area contributed by atoms with E-state index in [1.54, 1.807) is 10.9 Å². The fraction of sp³-hybridized carbons (Fsp3) is 0.571. The molecule has 2 atom stereocenters. The van der Waals surface area contributed by atoms with Gasteiger partial charge in [0.1, 0.15) is 12.6 Å². The first kappa shape index (κ1) is 19.5. The first-order chi connectivity index (χ1) is 12.1. The zero-order chi connectivity index (χ0) is 18.2. The number of fused-ring (bicyclic) bond motifs is 1. The van der Waals surface area contributed by atoms with Crippen LogP contribution in [0, 0.1) is 0 Å². The third-order valence-electron chi connectivity index (χ3n) is 3.24. The van der Waals surface area contributed by atoms with Gasteiger partial charge in [0.2, 0.25) is 0 Å². The van der Waals surface area contributed by atoms with E-state index in [0.29, 0.717) is 42.9 Å². The summed E-state index contributed by atoms with van der Waals surface area (Å²) in [6, 6.07) is -0.353. The van der Waals surface area contributed by atoms with Gasteiger partial charge in [-0.3, -0.25) is 9.88 Å². The molecular weight excluding hydrogens is 347 g/mol. The average molecular weight is 370 g/mol. The van der Waals surface area contributed by atoms with Crippen LogP contribution >= 0.6 is 8.38 Å². The van der Waals surface area contributed by atoms with Gasteiger partial charge in [-0.15, -0.1) is 0 Å². The molecule has 0 saturated carbocycles. The number of hydrogen-bond acceptors (Lipinski definition) is 7. The molecule has 0 aliphatic heterocycles. The minimum atomic E-state index is -1.45.